The molecule has 2 aromatic carbocycles. The van der Waals surface area contributed by atoms with Crippen molar-refractivity contribution in [1.29, 1.82) is 0 Å². The van der Waals surface area contributed by atoms with Gasteiger partial charge < -0.3 is 14.0 Å². The number of aryl methyl sites for hydroxylation is 2. The van der Waals surface area contributed by atoms with Gasteiger partial charge in [0.05, 0.1) is 23.7 Å². The standard InChI is InChI=1S/C25H31BO4/c1-16-15-21(26-29-23(3,4)24(5,6)30-26)17(2)14-20(16)18-8-10-19(11-9-18)25(12-13-25)22(27)28-7/h8-11,14-15H,12-13H2,1-7H3. The number of methoxy groups -OCH3 is 1. The lowest BCUT2D eigenvalue weighted by Gasteiger charge is -2.32. The second-order valence-corrected chi connectivity index (χ2v) is 9.76. The fraction of sp³-hybridized carbons (Fsp3) is 0.480. The fourth-order valence-corrected chi connectivity index (χ4v) is 4.27. The summed E-state index contributed by atoms with van der Waals surface area (Å²) in [6.07, 6.45) is 1.72. The molecule has 1 aliphatic heterocycles. The Morgan fingerprint density at radius 2 is 1.50 bits per heavy atom. The van der Waals surface area contributed by atoms with E-state index >= 15 is 0 Å². The molecule has 1 saturated heterocycles. The summed E-state index contributed by atoms with van der Waals surface area (Å²) in [7, 11) is 1.10. The Labute approximate surface area is 180 Å². The quantitative estimate of drug-likeness (QED) is 0.555. The SMILES string of the molecule is COC(=O)C1(c2ccc(-c3cc(C)c(B4OC(C)(C)C(C)(C)O4)cc3C)cc2)CC1. The molecule has 1 saturated carbocycles. The van der Waals surface area contributed by atoms with Crippen LogP contribution in [0.15, 0.2) is 36.4 Å². The number of carbonyl (C=O) groups is 1. The van der Waals surface area contributed by atoms with Gasteiger partial charge in [0, 0.05) is 0 Å². The molecule has 0 radical (unpaired) electrons. The number of hydrogen-bond donors (Lipinski definition) is 0. The lowest BCUT2D eigenvalue weighted by Crippen LogP contribution is -2.41. The van der Waals surface area contributed by atoms with Crippen molar-refractivity contribution in [2.24, 2.45) is 0 Å². The topological polar surface area (TPSA) is 44.8 Å². The largest absolute Gasteiger partial charge is 0.495 e. The molecule has 0 atom stereocenters. The van der Waals surface area contributed by atoms with E-state index in [4.69, 9.17) is 14.0 Å². The zero-order valence-electron chi connectivity index (χ0n) is 19.1. The van der Waals surface area contributed by atoms with E-state index in [9.17, 15) is 4.79 Å². The van der Waals surface area contributed by atoms with Crippen LogP contribution in [0.1, 0.15) is 57.2 Å². The highest BCUT2D eigenvalue weighted by Crippen LogP contribution is 2.49. The van der Waals surface area contributed by atoms with E-state index in [1.54, 1.807) is 0 Å². The third kappa shape index (κ3) is 3.29. The van der Waals surface area contributed by atoms with Crippen LogP contribution >= 0.6 is 0 Å². The van der Waals surface area contributed by atoms with Crippen LogP contribution in [0.5, 0.6) is 0 Å². The van der Waals surface area contributed by atoms with Crippen LogP contribution < -0.4 is 5.46 Å². The molecule has 5 heteroatoms. The van der Waals surface area contributed by atoms with E-state index in [1.165, 1.54) is 18.2 Å². The van der Waals surface area contributed by atoms with E-state index in [0.717, 1.165) is 35.0 Å². The van der Waals surface area contributed by atoms with Crippen LogP contribution in [0.3, 0.4) is 0 Å². The minimum atomic E-state index is -0.432. The highest BCUT2D eigenvalue weighted by molar-refractivity contribution is 6.62. The van der Waals surface area contributed by atoms with Gasteiger partial charge in [0.15, 0.2) is 0 Å². The molecule has 1 heterocycles. The predicted octanol–water partition coefficient (Wildman–Crippen LogP) is 4.47. The molecule has 0 bridgehead atoms. The van der Waals surface area contributed by atoms with Crippen LogP contribution in [0.2, 0.25) is 0 Å². The molecule has 2 fully saturated rings. The first-order valence-electron chi connectivity index (χ1n) is 10.7. The molecule has 30 heavy (non-hydrogen) atoms. The van der Waals surface area contributed by atoms with Crippen molar-refractivity contribution in [3.8, 4) is 11.1 Å². The molecule has 2 aliphatic rings. The third-order valence-electron chi connectivity index (χ3n) is 7.19. The average Bonchev–Trinajstić information content (AvgIpc) is 3.46. The van der Waals surface area contributed by atoms with Gasteiger partial charge in [0.1, 0.15) is 0 Å². The molecule has 4 rings (SSSR count). The molecule has 1 aliphatic carbocycles. The van der Waals surface area contributed by atoms with Crippen molar-refractivity contribution in [2.45, 2.75) is 71.0 Å². The maximum absolute atomic E-state index is 12.2. The summed E-state index contributed by atoms with van der Waals surface area (Å²) in [5.74, 6) is -0.131. The average molecular weight is 406 g/mol. The monoisotopic (exact) mass is 406 g/mol. The van der Waals surface area contributed by atoms with Crippen LogP contribution in [0, 0.1) is 13.8 Å². The lowest BCUT2D eigenvalue weighted by molar-refractivity contribution is -0.143. The van der Waals surface area contributed by atoms with Crippen LogP contribution in [-0.2, 0) is 24.3 Å². The fourth-order valence-electron chi connectivity index (χ4n) is 4.27. The summed E-state index contributed by atoms with van der Waals surface area (Å²) < 4.78 is 17.5. The Morgan fingerprint density at radius 1 is 0.933 bits per heavy atom. The second-order valence-electron chi connectivity index (χ2n) is 9.76. The molecule has 4 nitrogen and oxygen atoms in total. The first-order valence-corrected chi connectivity index (χ1v) is 10.7. The highest BCUT2D eigenvalue weighted by atomic mass is 16.7. The van der Waals surface area contributed by atoms with Gasteiger partial charge in [-0.05, 0) is 82.1 Å². The maximum Gasteiger partial charge on any atom is 0.495 e. The Bertz CT molecular complexity index is 971. The number of rotatable bonds is 4. The summed E-state index contributed by atoms with van der Waals surface area (Å²) in [6.45, 7) is 12.5. The number of benzene rings is 2. The van der Waals surface area contributed by atoms with E-state index in [2.05, 4.69) is 77.9 Å². The van der Waals surface area contributed by atoms with E-state index < -0.39 is 5.41 Å². The van der Waals surface area contributed by atoms with E-state index in [0.29, 0.717) is 0 Å². The minimum Gasteiger partial charge on any atom is -0.468 e. The van der Waals surface area contributed by atoms with Crippen molar-refractivity contribution >= 4 is 18.6 Å². The summed E-state index contributed by atoms with van der Waals surface area (Å²) in [5, 5.41) is 0. The highest BCUT2D eigenvalue weighted by Gasteiger charge is 2.53. The first-order chi connectivity index (χ1) is 14.0. The van der Waals surface area contributed by atoms with Gasteiger partial charge in [-0.1, -0.05) is 42.0 Å². The molecular weight excluding hydrogens is 375 g/mol. The molecule has 2 aromatic rings. The zero-order valence-corrected chi connectivity index (χ0v) is 19.1. The molecular formula is C25H31BO4. The lowest BCUT2D eigenvalue weighted by atomic mass is 9.74. The van der Waals surface area contributed by atoms with Crippen molar-refractivity contribution < 1.29 is 18.8 Å². The third-order valence-corrected chi connectivity index (χ3v) is 7.19. The predicted molar refractivity (Wildman–Crippen MR) is 120 cm³/mol. The number of carbonyl (C=O) groups excluding carboxylic acids is 1. The summed E-state index contributed by atoms with van der Waals surface area (Å²) in [4.78, 5) is 12.2. The second kappa shape index (κ2) is 6.96. The van der Waals surface area contributed by atoms with Gasteiger partial charge >= 0.3 is 13.1 Å². The number of esters is 1. The molecule has 0 unspecified atom stereocenters. The van der Waals surface area contributed by atoms with E-state index in [-0.39, 0.29) is 24.3 Å². The molecule has 158 valence electrons. The van der Waals surface area contributed by atoms with Gasteiger partial charge in [-0.2, -0.15) is 0 Å². The maximum atomic E-state index is 12.2. The van der Waals surface area contributed by atoms with Crippen LogP contribution in [-0.4, -0.2) is 31.4 Å². The normalized spacial score (nSPS) is 20.8. The minimum absolute atomic E-state index is 0.131. The van der Waals surface area contributed by atoms with Crippen molar-refractivity contribution in [2.75, 3.05) is 7.11 Å². The van der Waals surface area contributed by atoms with E-state index in [1.807, 2.05) is 0 Å². The van der Waals surface area contributed by atoms with Gasteiger partial charge in [-0.3, -0.25) is 4.79 Å². The summed E-state index contributed by atoms with van der Waals surface area (Å²) in [6, 6.07) is 12.7. The van der Waals surface area contributed by atoms with Gasteiger partial charge in [-0.25, -0.2) is 0 Å². The van der Waals surface area contributed by atoms with Gasteiger partial charge in [-0.15, -0.1) is 0 Å². The number of hydrogen-bond acceptors (Lipinski definition) is 4. The van der Waals surface area contributed by atoms with Crippen LogP contribution in [0.4, 0.5) is 0 Å². The zero-order chi connectivity index (χ0) is 21.9. The van der Waals surface area contributed by atoms with Crippen LogP contribution in [0.25, 0.3) is 11.1 Å². The van der Waals surface area contributed by atoms with Crippen molar-refractivity contribution in [3.63, 3.8) is 0 Å². The number of ether oxygens (including phenoxy) is 1. The summed E-state index contributed by atoms with van der Waals surface area (Å²) in [5.41, 5.74) is 5.62. The van der Waals surface area contributed by atoms with Gasteiger partial charge in [0.2, 0.25) is 0 Å². The Balaban J connectivity index is 1.63. The molecule has 0 N–H and O–H groups in total. The first kappa shape index (κ1) is 21.1. The van der Waals surface area contributed by atoms with Crippen molar-refractivity contribution in [3.05, 3.63) is 53.1 Å². The summed E-state index contributed by atoms with van der Waals surface area (Å²) >= 11 is 0. The Hall–Kier alpha value is -2.11. The Kier molecular flexibility index (Phi) is 4.91. The smallest absolute Gasteiger partial charge is 0.468 e. The van der Waals surface area contributed by atoms with Gasteiger partial charge in [0.25, 0.3) is 0 Å². The molecule has 0 amide bonds. The molecule has 0 spiro atoms. The Morgan fingerprint density at radius 3 is 2.00 bits per heavy atom. The van der Waals surface area contributed by atoms with Crippen molar-refractivity contribution in [1.82, 2.24) is 0 Å². The molecule has 0 aromatic heterocycles.